The molecule has 0 bridgehead atoms. The van der Waals surface area contributed by atoms with Gasteiger partial charge in [-0.2, -0.15) is 8.78 Å². The van der Waals surface area contributed by atoms with Gasteiger partial charge in [0.25, 0.3) is 0 Å². The minimum atomic E-state index is -2.64. The van der Waals surface area contributed by atoms with Crippen LogP contribution in [0.25, 0.3) is 11.0 Å². The van der Waals surface area contributed by atoms with E-state index in [2.05, 4.69) is 27.1 Å². The van der Waals surface area contributed by atoms with Crippen molar-refractivity contribution >= 4 is 39.3 Å². The number of hydrogen-bond acceptors (Lipinski definition) is 6. The van der Waals surface area contributed by atoms with Gasteiger partial charge in [-0.3, -0.25) is 4.57 Å². The van der Waals surface area contributed by atoms with Crippen LogP contribution in [0.2, 0.25) is 0 Å². The molecule has 2 heterocycles. The molecule has 0 spiro atoms. The highest BCUT2D eigenvalue weighted by molar-refractivity contribution is 8.01. The molecule has 0 radical (unpaired) electrons. The van der Waals surface area contributed by atoms with Gasteiger partial charge in [0.2, 0.25) is 5.13 Å². The molecule has 24 heavy (non-hydrogen) atoms. The van der Waals surface area contributed by atoms with E-state index in [9.17, 15) is 8.78 Å². The Balaban J connectivity index is 1.85. The first-order chi connectivity index (χ1) is 11.6. The van der Waals surface area contributed by atoms with Crippen LogP contribution in [0.4, 0.5) is 13.9 Å². The number of hydrogen-bond donors (Lipinski definition) is 1. The van der Waals surface area contributed by atoms with Crippen LogP contribution in [0.3, 0.4) is 0 Å². The van der Waals surface area contributed by atoms with E-state index in [1.807, 2.05) is 6.92 Å². The molecule has 1 aromatic carbocycles. The highest BCUT2D eigenvalue weighted by Crippen LogP contribution is 2.39. The molecule has 0 aliphatic heterocycles. The standard InChI is InChI=1S/C15H15F2N5S2/c1-3-8-18-14-20-21-15(24-14)23-9(2)12-19-10-6-4-5-7-11(10)22(12)13(16)17/h3-7,9,13H,1,8H2,2H3,(H,18,20). The molecule has 0 saturated heterocycles. The Morgan fingerprint density at radius 1 is 1.38 bits per heavy atom. The molecule has 0 aliphatic carbocycles. The van der Waals surface area contributed by atoms with Crippen LogP contribution in [-0.2, 0) is 0 Å². The predicted octanol–water partition coefficient (Wildman–Crippen LogP) is 4.73. The summed E-state index contributed by atoms with van der Waals surface area (Å²) in [5.74, 6) is 0.326. The first-order valence-electron chi connectivity index (χ1n) is 7.20. The first-order valence-corrected chi connectivity index (χ1v) is 8.89. The molecule has 1 atom stereocenters. The summed E-state index contributed by atoms with van der Waals surface area (Å²) in [5.41, 5.74) is 0.992. The Morgan fingerprint density at radius 3 is 2.92 bits per heavy atom. The number of alkyl halides is 2. The molecular weight excluding hydrogens is 352 g/mol. The third-order valence-corrected chi connectivity index (χ3v) is 5.33. The van der Waals surface area contributed by atoms with Crippen molar-refractivity contribution in [2.75, 3.05) is 11.9 Å². The van der Waals surface area contributed by atoms with E-state index in [1.165, 1.54) is 23.1 Å². The van der Waals surface area contributed by atoms with Gasteiger partial charge >= 0.3 is 6.55 Å². The zero-order valence-electron chi connectivity index (χ0n) is 12.8. The molecule has 5 nitrogen and oxygen atoms in total. The molecule has 3 aromatic rings. The zero-order chi connectivity index (χ0) is 17.1. The SMILES string of the molecule is C=CCNc1nnc(SC(C)c2nc3ccccc3n2C(F)F)s1. The number of benzene rings is 1. The maximum absolute atomic E-state index is 13.5. The topological polar surface area (TPSA) is 55.6 Å². The molecule has 3 rings (SSSR count). The van der Waals surface area contributed by atoms with Crippen molar-refractivity contribution in [1.29, 1.82) is 0 Å². The number of halogens is 2. The van der Waals surface area contributed by atoms with Gasteiger partial charge in [0.1, 0.15) is 5.82 Å². The number of anilines is 1. The van der Waals surface area contributed by atoms with Gasteiger partial charge in [-0.15, -0.1) is 16.8 Å². The second kappa shape index (κ2) is 7.27. The number of para-hydroxylation sites is 2. The van der Waals surface area contributed by atoms with Crippen LogP contribution in [0.5, 0.6) is 0 Å². The van der Waals surface area contributed by atoms with Crippen molar-refractivity contribution in [2.24, 2.45) is 0 Å². The molecule has 1 unspecified atom stereocenters. The van der Waals surface area contributed by atoms with E-state index < -0.39 is 6.55 Å². The molecule has 1 N–H and O–H groups in total. The lowest BCUT2D eigenvalue weighted by molar-refractivity contribution is 0.0715. The van der Waals surface area contributed by atoms with E-state index in [1.54, 1.807) is 30.3 Å². The summed E-state index contributed by atoms with van der Waals surface area (Å²) in [7, 11) is 0. The highest BCUT2D eigenvalue weighted by atomic mass is 32.2. The molecule has 0 amide bonds. The third kappa shape index (κ3) is 3.41. The Kier molecular flexibility index (Phi) is 5.10. The van der Waals surface area contributed by atoms with E-state index in [0.717, 1.165) is 4.57 Å². The van der Waals surface area contributed by atoms with Crippen LogP contribution in [-0.4, -0.2) is 26.3 Å². The van der Waals surface area contributed by atoms with Gasteiger partial charge in [0, 0.05) is 6.54 Å². The largest absolute Gasteiger partial charge is 0.357 e. The number of nitrogens with one attached hydrogen (secondary N) is 1. The summed E-state index contributed by atoms with van der Waals surface area (Å²) in [4.78, 5) is 4.38. The molecule has 0 fully saturated rings. The van der Waals surface area contributed by atoms with Gasteiger partial charge < -0.3 is 5.32 Å². The van der Waals surface area contributed by atoms with E-state index >= 15 is 0 Å². The Labute approximate surface area is 145 Å². The van der Waals surface area contributed by atoms with Crippen molar-refractivity contribution in [3.63, 3.8) is 0 Å². The highest BCUT2D eigenvalue weighted by Gasteiger charge is 2.23. The average Bonchev–Trinajstić information content (AvgIpc) is 3.16. The number of fused-ring (bicyclic) bond motifs is 1. The fourth-order valence-corrected chi connectivity index (χ4v) is 4.26. The lowest BCUT2D eigenvalue weighted by Gasteiger charge is -2.12. The maximum Gasteiger partial charge on any atom is 0.320 e. The van der Waals surface area contributed by atoms with E-state index in [0.29, 0.717) is 32.9 Å². The number of nitrogens with zero attached hydrogens (tertiary/aromatic N) is 4. The molecule has 9 heteroatoms. The molecule has 0 saturated carbocycles. The van der Waals surface area contributed by atoms with Crippen molar-refractivity contribution in [2.45, 2.75) is 23.1 Å². The zero-order valence-corrected chi connectivity index (χ0v) is 14.4. The van der Waals surface area contributed by atoms with Crippen LogP contribution in [0.1, 0.15) is 24.5 Å². The lowest BCUT2D eigenvalue weighted by Crippen LogP contribution is -2.06. The third-order valence-electron chi connectivity index (χ3n) is 3.26. The Morgan fingerprint density at radius 2 is 2.17 bits per heavy atom. The Bertz CT molecular complexity index is 845. The van der Waals surface area contributed by atoms with Crippen LogP contribution >= 0.6 is 23.1 Å². The van der Waals surface area contributed by atoms with Crippen LogP contribution in [0.15, 0.2) is 41.3 Å². The van der Waals surface area contributed by atoms with Gasteiger partial charge in [-0.05, 0) is 19.1 Å². The van der Waals surface area contributed by atoms with Crippen molar-refractivity contribution in [3.05, 3.63) is 42.7 Å². The second-order valence-electron chi connectivity index (χ2n) is 4.91. The number of imidazole rings is 1. The first kappa shape index (κ1) is 16.8. The Hall–Kier alpha value is -2.00. The second-order valence-corrected chi connectivity index (χ2v) is 7.47. The van der Waals surface area contributed by atoms with E-state index in [4.69, 9.17) is 0 Å². The van der Waals surface area contributed by atoms with Gasteiger partial charge in [-0.25, -0.2) is 4.98 Å². The smallest absolute Gasteiger partial charge is 0.320 e. The van der Waals surface area contributed by atoms with Crippen LogP contribution in [0, 0.1) is 0 Å². The van der Waals surface area contributed by atoms with Crippen molar-refractivity contribution in [1.82, 2.24) is 19.7 Å². The van der Waals surface area contributed by atoms with Gasteiger partial charge in [0.15, 0.2) is 4.34 Å². The molecular formula is C15H15F2N5S2. The number of thioether (sulfide) groups is 1. The molecule has 2 aromatic heterocycles. The van der Waals surface area contributed by atoms with Crippen LogP contribution < -0.4 is 5.32 Å². The number of rotatable bonds is 7. The average molecular weight is 367 g/mol. The molecule has 126 valence electrons. The van der Waals surface area contributed by atoms with Gasteiger partial charge in [0.05, 0.1) is 16.3 Å². The van der Waals surface area contributed by atoms with Gasteiger partial charge in [-0.1, -0.05) is 41.3 Å². The van der Waals surface area contributed by atoms with E-state index in [-0.39, 0.29) is 5.25 Å². The summed E-state index contributed by atoms with van der Waals surface area (Å²) in [6.45, 7) is 3.41. The minimum Gasteiger partial charge on any atom is -0.357 e. The maximum atomic E-state index is 13.5. The summed E-state index contributed by atoms with van der Waals surface area (Å²) >= 11 is 2.73. The van der Waals surface area contributed by atoms with Crippen molar-refractivity contribution < 1.29 is 8.78 Å². The molecule has 0 aliphatic rings. The number of aromatic nitrogens is 4. The summed E-state index contributed by atoms with van der Waals surface area (Å²) in [6.07, 6.45) is 1.72. The summed E-state index contributed by atoms with van der Waals surface area (Å²) < 4.78 is 28.7. The normalized spacial score (nSPS) is 12.7. The van der Waals surface area contributed by atoms with Crippen molar-refractivity contribution in [3.8, 4) is 0 Å². The fraction of sp³-hybridized carbons (Fsp3) is 0.267. The summed E-state index contributed by atoms with van der Waals surface area (Å²) in [6, 6.07) is 6.90. The summed E-state index contributed by atoms with van der Waals surface area (Å²) in [5, 5.41) is 11.5. The predicted molar refractivity (Wildman–Crippen MR) is 93.9 cm³/mol. The minimum absolute atomic E-state index is 0.286. The quantitative estimate of drug-likeness (QED) is 0.483. The lowest BCUT2D eigenvalue weighted by atomic mass is 10.3. The monoisotopic (exact) mass is 367 g/mol. The fourth-order valence-electron chi connectivity index (χ4n) is 2.25.